The van der Waals surface area contributed by atoms with Crippen LogP contribution in [0.1, 0.15) is 0 Å². The van der Waals surface area contributed by atoms with E-state index in [2.05, 4.69) is 180 Å². The molecule has 0 spiro atoms. The van der Waals surface area contributed by atoms with Crippen molar-refractivity contribution in [3.63, 3.8) is 0 Å². The van der Waals surface area contributed by atoms with Crippen molar-refractivity contribution in [2.45, 2.75) is 0 Å². The molecule has 11 rings (SSSR count). The van der Waals surface area contributed by atoms with Gasteiger partial charge < -0.3 is 18.6 Å². The minimum Gasteiger partial charge on any atom is -0.456 e. The third-order valence-corrected chi connectivity index (χ3v) is 10.6. The molecule has 0 N–H and O–H groups in total. The summed E-state index contributed by atoms with van der Waals surface area (Å²) in [4.78, 5) is 4.70. The van der Waals surface area contributed by atoms with Gasteiger partial charge in [-0.1, -0.05) is 103 Å². The minimum atomic E-state index is 0.869. The van der Waals surface area contributed by atoms with Crippen LogP contribution in [0, 0.1) is 0 Å². The second-order valence-corrected chi connectivity index (χ2v) is 13.7. The van der Waals surface area contributed by atoms with Crippen molar-refractivity contribution in [1.29, 1.82) is 0 Å². The van der Waals surface area contributed by atoms with E-state index in [1.165, 1.54) is 10.8 Å². The van der Waals surface area contributed by atoms with Crippen molar-refractivity contribution in [1.82, 2.24) is 0 Å². The first-order valence-electron chi connectivity index (χ1n) is 18.3. The highest BCUT2D eigenvalue weighted by Gasteiger charge is 2.21. The van der Waals surface area contributed by atoms with E-state index in [1.807, 2.05) is 24.3 Å². The van der Waals surface area contributed by atoms with Crippen molar-refractivity contribution in [2.24, 2.45) is 0 Å². The number of nitrogens with zero attached hydrogens (tertiary/aromatic N) is 2. The molecule has 0 unspecified atom stereocenters. The van der Waals surface area contributed by atoms with Gasteiger partial charge in [-0.2, -0.15) is 0 Å². The second-order valence-electron chi connectivity index (χ2n) is 13.7. The van der Waals surface area contributed by atoms with Gasteiger partial charge in [-0.25, -0.2) is 0 Å². The van der Waals surface area contributed by atoms with E-state index in [0.717, 1.165) is 88.8 Å². The Morgan fingerprint density at radius 1 is 0.259 bits per heavy atom. The maximum Gasteiger partial charge on any atom is 0.136 e. The summed E-state index contributed by atoms with van der Waals surface area (Å²) in [5.74, 6) is 0. The number of hydrogen-bond donors (Lipinski definition) is 0. The van der Waals surface area contributed by atoms with Gasteiger partial charge in [0.2, 0.25) is 0 Å². The molecule has 9 aromatic carbocycles. The number of anilines is 6. The lowest BCUT2D eigenvalue weighted by atomic mass is 9.98. The number of fused-ring (bicyclic) bond motifs is 9. The van der Waals surface area contributed by atoms with Gasteiger partial charge in [0.05, 0.1) is 5.69 Å². The molecule has 0 fully saturated rings. The molecule has 2 aromatic heterocycles. The first kappa shape index (κ1) is 30.3. The maximum atomic E-state index is 6.29. The summed E-state index contributed by atoms with van der Waals surface area (Å²) in [5.41, 5.74) is 9.97. The zero-order valence-electron chi connectivity index (χ0n) is 29.2. The van der Waals surface area contributed by atoms with Crippen LogP contribution in [-0.2, 0) is 0 Å². The Balaban J connectivity index is 1.16. The Morgan fingerprint density at radius 3 is 1.52 bits per heavy atom. The van der Waals surface area contributed by atoms with E-state index in [4.69, 9.17) is 8.83 Å². The molecule has 0 aliphatic heterocycles. The Bertz CT molecular complexity index is 3140. The summed E-state index contributed by atoms with van der Waals surface area (Å²) < 4.78 is 12.6. The fourth-order valence-corrected chi connectivity index (χ4v) is 8.14. The number of furan rings is 2. The molecule has 2 heterocycles. The summed E-state index contributed by atoms with van der Waals surface area (Å²) in [5, 5.41) is 9.11. The summed E-state index contributed by atoms with van der Waals surface area (Å²) >= 11 is 0. The molecule has 0 atom stereocenters. The molecule has 254 valence electrons. The third-order valence-electron chi connectivity index (χ3n) is 10.6. The zero-order valence-corrected chi connectivity index (χ0v) is 29.2. The van der Waals surface area contributed by atoms with Crippen molar-refractivity contribution < 1.29 is 8.83 Å². The first-order chi connectivity index (χ1) is 26.8. The highest BCUT2D eigenvalue weighted by atomic mass is 16.3. The largest absolute Gasteiger partial charge is 0.456 e. The van der Waals surface area contributed by atoms with Crippen LogP contribution in [0.15, 0.2) is 203 Å². The van der Waals surface area contributed by atoms with E-state index in [1.54, 1.807) is 0 Å². The molecule has 0 radical (unpaired) electrons. The number of benzene rings is 9. The van der Waals surface area contributed by atoms with Crippen LogP contribution in [0.2, 0.25) is 0 Å². The molecule has 4 nitrogen and oxygen atoms in total. The van der Waals surface area contributed by atoms with E-state index in [9.17, 15) is 0 Å². The van der Waals surface area contributed by atoms with Crippen LogP contribution >= 0.6 is 0 Å². The van der Waals surface area contributed by atoms with Gasteiger partial charge >= 0.3 is 0 Å². The van der Waals surface area contributed by atoms with Gasteiger partial charge in [0.25, 0.3) is 0 Å². The average molecular weight is 693 g/mol. The Morgan fingerprint density at radius 2 is 0.796 bits per heavy atom. The molecule has 0 aliphatic rings. The molecule has 4 heteroatoms. The maximum absolute atomic E-state index is 6.29. The Hall–Kier alpha value is -7.30. The van der Waals surface area contributed by atoms with Gasteiger partial charge in [0, 0.05) is 55.4 Å². The number of para-hydroxylation sites is 4. The van der Waals surface area contributed by atoms with Gasteiger partial charge in [0.1, 0.15) is 22.3 Å². The van der Waals surface area contributed by atoms with Gasteiger partial charge in [-0.05, 0) is 107 Å². The molecule has 0 bridgehead atoms. The lowest BCUT2D eigenvalue weighted by Crippen LogP contribution is -2.13. The predicted octanol–water partition coefficient (Wildman–Crippen LogP) is 14.7. The minimum absolute atomic E-state index is 0.869. The van der Waals surface area contributed by atoms with Crippen molar-refractivity contribution in [3.05, 3.63) is 194 Å². The fourth-order valence-electron chi connectivity index (χ4n) is 8.14. The Kier molecular flexibility index (Phi) is 6.82. The molecule has 11 aromatic rings. The van der Waals surface area contributed by atoms with Crippen LogP contribution in [0.3, 0.4) is 0 Å². The van der Waals surface area contributed by atoms with E-state index < -0.39 is 0 Å². The van der Waals surface area contributed by atoms with Gasteiger partial charge in [-0.15, -0.1) is 0 Å². The molecular formula is C50H32N2O2. The van der Waals surface area contributed by atoms with Crippen molar-refractivity contribution in [3.8, 4) is 0 Å². The fraction of sp³-hybridized carbons (Fsp3) is 0. The van der Waals surface area contributed by atoms with Crippen LogP contribution in [0.25, 0.3) is 65.4 Å². The average Bonchev–Trinajstić information content (AvgIpc) is 3.79. The lowest BCUT2D eigenvalue weighted by Gasteiger charge is -2.30. The van der Waals surface area contributed by atoms with Crippen LogP contribution in [0.5, 0.6) is 0 Å². The molecule has 0 amide bonds. The third kappa shape index (κ3) is 4.85. The predicted molar refractivity (Wildman–Crippen MR) is 225 cm³/mol. The van der Waals surface area contributed by atoms with E-state index >= 15 is 0 Å². The summed E-state index contributed by atoms with van der Waals surface area (Å²) in [6.45, 7) is 0. The van der Waals surface area contributed by atoms with Crippen LogP contribution in [0.4, 0.5) is 34.1 Å². The highest BCUT2D eigenvalue weighted by Crippen LogP contribution is 2.45. The van der Waals surface area contributed by atoms with Crippen LogP contribution in [-0.4, -0.2) is 0 Å². The molecule has 0 saturated heterocycles. The normalized spacial score (nSPS) is 11.7. The van der Waals surface area contributed by atoms with Crippen LogP contribution < -0.4 is 9.80 Å². The highest BCUT2D eigenvalue weighted by molar-refractivity contribution is 6.19. The SMILES string of the molecule is c1ccc(N(c2ccccc2)c2cccc(N(c3ccc4oc5ccccc5c4c3)c3cccc4c3ccc3cc5oc6ccccc6c5cc34)c2)cc1. The monoisotopic (exact) mass is 692 g/mol. The standard InChI is InChI=1S/C50H32N2O2/c1-3-13-34(14-4-1)51(35-15-5-2-6-16-35)36-17-11-18-37(30-36)52(38-26-28-49-44(31-38)41-19-7-9-23-47(41)53-49)46-22-12-21-39-40(46)27-25-33-29-50-45(32-43(33)39)42-20-8-10-24-48(42)54-50/h1-32H. The first-order valence-corrected chi connectivity index (χ1v) is 18.3. The van der Waals surface area contributed by atoms with E-state index in [-0.39, 0.29) is 0 Å². The zero-order chi connectivity index (χ0) is 35.6. The van der Waals surface area contributed by atoms with Crippen molar-refractivity contribution in [2.75, 3.05) is 9.80 Å². The smallest absolute Gasteiger partial charge is 0.136 e. The van der Waals surface area contributed by atoms with Gasteiger partial charge in [0.15, 0.2) is 0 Å². The topological polar surface area (TPSA) is 32.8 Å². The van der Waals surface area contributed by atoms with Crippen molar-refractivity contribution >= 4 is 99.5 Å². The molecular weight excluding hydrogens is 661 g/mol. The summed E-state index contributed by atoms with van der Waals surface area (Å²) in [6, 6.07) is 68.6. The number of rotatable bonds is 6. The number of hydrogen-bond acceptors (Lipinski definition) is 4. The van der Waals surface area contributed by atoms with E-state index in [0.29, 0.717) is 0 Å². The second kappa shape index (κ2) is 12.1. The lowest BCUT2D eigenvalue weighted by molar-refractivity contribution is 0.668. The quantitative estimate of drug-likeness (QED) is 0.162. The molecule has 0 aliphatic carbocycles. The Labute approximate surface area is 311 Å². The summed E-state index contributed by atoms with van der Waals surface area (Å²) in [6.07, 6.45) is 0. The summed E-state index contributed by atoms with van der Waals surface area (Å²) in [7, 11) is 0. The molecule has 54 heavy (non-hydrogen) atoms. The van der Waals surface area contributed by atoms with Gasteiger partial charge in [-0.3, -0.25) is 0 Å². The molecule has 0 saturated carbocycles.